The molecule has 1 heterocycles. The number of hydrogen-bond donors (Lipinski definition) is 0. The van der Waals surface area contributed by atoms with Crippen LogP contribution in [-0.4, -0.2) is 9.97 Å². The topological polar surface area (TPSA) is 35.0 Å². The largest absolute Gasteiger partial charge is 0.437 e. The first-order chi connectivity index (χ1) is 9.10. The molecule has 19 heavy (non-hydrogen) atoms. The van der Waals surface area contributed by atoms with E-state index < -0.39 is 0 Å². The molecule has 0 amide bonds. The molecule has 1 aromatic heterocycles. The zero-order valence-corrected chi connectivity index (χ0v) is 12.2. The third-order valence-electron chi connectivity index (χ3n) is 2.96. The maximum atomic E-state index is 5.94. The summed E-state index contributed by atoms with van der Waals surface area (Å²) in [6.45, 7) is 4.36. The van der Waals surface area contributed by atoms with Gasteiger partial charge in [0.25, 0.3) is 0 Å². The molecule has 0 aliphatic heterocycles. The molecule has 0 aliphatic carbocycles. The smallest absolute Gasteiger partial charge is 0.242 e. The van der Waals surface area contributed by atoms with Crippen LogP contribution in [0.1, 0.15) is 31.7 Å². The van der Waals surface area contributed by atoms with Gasteiger partial charge in [-0.05, 0) is 41.6 Å². The van der Waals surface area contributed by atoms with Crippen LogP contribution in [0.15, 0.2) is 30.5 Å². The van der Waals surface area contributed by atoms with Crippen LogP contribution < -0.4 is 4.74 Å². The number of ether oxygens (including phenoxy) is 1. The Balaban J connectivity index is 2.17. The maximum absolute atomic E-state index is 5.94. The minimum absolute atomic E-state index is 0.107. The molecular formula is C14H14Cl2N2O. The average Bonchev–Trinajstić information content (AvgIpc) is 2.43. The van der Waals surface area contributed by atoms with Gasteiger partial charge in [-0.2, -0.15) is 4.98 Å². The molecule has 0 spiro atoms. The van der Waals surface area contributed by atoms with Crippen LogP contribution in [0.3, 0.4) is 0 Å². The predicted molar refractivity (Wildman–Crippen MR) is 77.3 cm³/mol. The summed E-state index contributed by atoms with van der Waals surface area (Å²) in [5.41, 5.74) is 1.28. The number of halogens is 2. The third kappa shape index (κ3) is 3.58. The lowest BCUT2D eigenvalue weighted by Crippen LogP contribution is -1.93. The minimum atomic E-state index is 0.107. The highest BCUT2D eigenvalue weighted by atomic mass is 35.5. The normalized spacial score (nSPS) is 12.2. The molecule has 0 aliphatic rings. The summed E-state index contributed by atoms with van der Waals surface area (Å²) in [6, 6.07) is 7.88. The Labute approximate surface area is 122 Å². The van der Waals surface area contributed by atoms with Gasteiger partial charge in [0.2, 0.25) is 11.2 Å². The zero-order chi connectivity index (χ0) is 13.8. The fourth-order valence-corrected chi connectivity index (χ4v) is 1.87. The van der Waals surface area contributed by atoms with E-state index in [2.05, 4.69) is 23.8 Å². The van der Waals surface area contributed by atoms with Crippen molar-refractivity contribution in [3.8, 4) is 11.6 Å². The lowest BCUT2D eigenvalue weighted by Gasteiger charge is -2.10. The second kappa shape index (κ2) is 6.22. The summed E-state index contributed by atoms with van der Waals surface area (Å²) in [5, 5.41) is 0.436. The molecule has 0 bridgehead atoms. The van der Waals surface area contributed by atoms with Crippen molar-refractivity contribution in [1.29, 1.82) is 0 Å². The standard InChI is InChI=1S/C14H14Cl2N2O/c1-3-9(2)10-4-6-11(7-5-10)19-13-12(15)8-17-14(16)18-13/h4-9H,3H2,1-2H3. The SMILES string of the molecule is CCC(C)c1ccc(Oc2nc(Cl)ncc2Cl)cc1. The molecule has 0 saturated heterocycles. The van der Waals surface area contributed by atoms with Crippen molar-refractivity contribution in [3.63, 3.8) is 0 Å². The number of aromatic nitrogens is 2. The van der Waals surface area contributed by atoms with Crippen molar-refractivity contribution in [3.05, 3.63) is 46.3 Å². The van der Waals surface area contributed by atoms with E-state index in [1.54, 1.807) is 0 Å². The molecule has 2 aromatic rings. The predicted octanol–water partition coefficient (Wildman–Crippen LogP) is 5.09. The number of hydrogen-bond acceptors (Lipinski definition) is 3. The van der Waals surface area contributed by atoms with Gasteiger partial charge in [0.15, 0.2) is 0 Å². The first-order valence-corrected chi connectivity index (χ1v) is 6.81. The van der Waals surface area contributed by atoms with Crippen LogP contribution in [0.5, 0.6) is 11.6 Å². The molecule has 2 rings (SSSR count). The summed E-state index contributed by atoms with van der Waals surface area (Å²) in [4.78, 5) is 7.71. The van der Waals surface area contributed by atoms with Crippen LogP contribution >= 0.6 is 23.2 Å². The Morgan fingerprint density at radius 3 is 2.53 bits per heavy atom. The van der Waals surface area contributed by atoms with Gasteiger partial charge in [-0.15, -0.1) is 0 Å². The van der Waals surface area contributed by atoms with Crippen molar-refractivity contribution < 1.29 is 4.74 Å². The van der Waals surface area contributed by atoms with E-state index >= 15 is 0 Å². The minimum Gasteiger partial charge on any atom is -0.437 e. The zero-order valence-electron chi connectivity index (χ0n) is 10.7. The summed E-state index contributed by atoms with van der Waals surface area (Å²) in [6.07, 6.45) is 2.52. The monoisotopic (exact) mass is 296 g/mol. The molecule has 0 saturated carbocycles. The summed E-state index contributed by atoms with van der Waals surface area (Å²) >= 11 is 11.6. The average molecular weight is 297 g/mol. The molecule has 1 aromatic carbocycles. The Kier molecular flexibility index (Phi) is 4.61. The lowest BCUT2D eigenvalue weighted by molar-refractivity contribution is 0.461. The molecule has 1 unspecified atom stereocenters. The Morgan fingerprint density at radius 1 is 1.21 bits per heavy atom. The van der Waals surface area contributed by atoms with E-state index in [-0.39, 0.29) is 11.2 Å². The molecule has 5 heteroatoms. The van der Waals surface area contributed by atoms with Gasteiger partial charge in [-0.1, -0.05) is 37.6 Å². The molecule has 100 valence electrons. The van der Waals surface area contributed by atoms with Crippen LogP contribution in [-0.2, 0) is 0 Å². The first-order valence-electron chi connectivity index (χ1n) is 6.06. The number of benzene rings is 1. The molecule has 0 fully saturated rings. The van der Waals surface area contributed by atoms with E-state index in [1.807, 2.05) is 24.3 Å². The number of nitrogens with zero attached hydrogens (tertiary/aromatic N) is 2. The molecule has 0 radical (unpaired) electrons. The van der Waals surface area contributed by atoms with Gasteiger partial charge in [-0.3, -0.25) is 0 Å². The van der Waals surface area contributed by atoms with E-state index in [0.717, 1.165) is 6.42 Å². The van der Waals surface area contributed by atoms with Crippen LogP contribution in [0, 0.1) is 0 Å². The summed E-state index contributed by atoms with van der Waals surface area (Å²) in [5.74, 6) is 1.47. The molecule has 1 atom stereocenters. The second-order valence-electron chi connectivity index (χ2n) is 4.27. The first kappa shape index (κ1) is 14.1. The van der Waals surface area contributed by atoms with Gasteiger partial charge in [0.1, 0.15) is 10.8 Å². The molecular weight excluding hydrogens is 283 g/mol. The Bertz CT molecular complexity index is 558. The van der Waals surface area contributed by atoms with Crippen LogP contribution in [0.2, 0.25) is 10.3 Å². The number of rotatable bonds is 4. The maximum Gasteiger partial charge on any atom is 0.242 e. The van der Waals surface area contributed by atoms with E-state index in [9.17, 15) is 0 Å². The van der Waals surface area contributed by atoms with E-state index in [0.29, 0.717) is 16.7 Å². The Morgan fingerprint density at radius 2 is 1.89 bits per heavy atom. The van der Waals surface area contributed by atoms with Gasteiger partial charge in [0.05, 0.1) is 6.20 Å². The van der Waals surface area contributed by atoms with Crippen molar-refractivity contribution >= 4 is 23.2 Å². The highest BCUT2D eigenvalue weighted by molar-refractivity contribution is 6.32. The quantitative estimate of drug-likeness (QED) is 0.737. The molecule has 0 N–H and O–H groups in total. The van der Waals surface area contributed by atoms with Crippen molar-refractivity contribution in [1.82, 2.24) is 9.97 Å². The van der Waals surface area contributed by atoms with E-state index in [4.69, 9.17) is 27.9 Å². The third-order valence-corrected chi connectivity index (χ3v) is 3.40. The van der Waals surface area contributed by atoms with Gasteiger partial charge in [0, 0.05) is 0 Å². The summed E-state index contributed by atoms with van der Waals surface area (Å²) in [7, 11) is 0. The Hall–Kier alpha value is -1.32. The van der Waals surface area contributed by atoms with Gasteiger partial charge < -0.3 is 4.74 Å². The second-order valence-corrected chi connectivity index (χ2v) is 5.02. The highest BCUT2D eigenvalue weighted by Crippen LogP contribution is 2.28. The van der Waals surface area contributed by atoms with Gasteiger partial charge >= 0.3 is 0 Å². The van der Waals surface area contributed by atoms with Crippen molar-refractivity contribution in [2.75, 3.05) is 0 Å². The van der Waals surface area contributed by atoms with E-state index in [1.165, 1.54) is 11.8 Å². The van der Waals surface area contributed by atoms with Crippen LogP contribution in [0.25, 0.3) is 0 Å². The fourth-order valence-electron chi connectivity index (χ4n) is 1.61. The van der Waals surface area contributed by atoms with Crippen LogP contribution in [0.4, 0.5) is 0 Å². The summed E-state index contributed by atoms with van der Waals surface area (Å²) < 4.78 is 5.59. The molecule has 3 nitrogen and oxygen atoms in total. The highest BCUT2D eigenvalue weighted by Gasteiger charge is 2.08. The van der Waals surface area contributed by atoms with Crippen molar-refractivity contribution in [2.45, 2.75) is 26.2 Å². The van der Waals surface area contributed by atoms with Crippen molar-refractivity contribution in [2.24, 2.45) is 0 Å². The van der Waals surface area contributed by atoms with Gasteiger partial charge in [-0.25, -0.2) is 4.98 Å². The fraction of sp³-hybridized carbons (Fsp3) is 0.286. The lowest BCUT2D eigenvalue weighted by atomic mass is 9.99.